The predicted octanol–water partition coefficient (Wildman–Crippen LogP) is 2.39. The Morgan fingerprint density at radius 2 is 1.96 bits per heavy atom. The van der Waals surface area contributed by atoms with Crippen LogP contribution >= 0.6 is 12.4 Å². The molecule has 0 radical (unpaired) electrons. The van der Waals surface area contributed by atoms with Gasteiger partial charge in [0.25, 0.3) is 5.89 Å². The largest absolute Gasteiger partial charge is 0.495 e. The molecule has 0 saturated heterocycles. The molecule has 1 atom stereocenters. The fraction of sp³-hybridized carbons (Fsp3) is 0.529. The van der Waals surface area contributed by atoms with Crippen molar-refractivity contribution in [3.05, 3.63) is 24.0 Å². The Kier molecular flexibility index (Phi) is 7.79. The van der Waals surface area contributed by atoms with Crippen LogP contribution in [0.4, 0.5) is 0 Å². The lowest BCUT2D eigenvalue weighted by atomic mass is 10.1. The Bertz CT molecular complexity index is 862. The van der Waals surface area contributed by atoms with Crippen molar-refractivity contribution in [3.8, 4) is 17.2 Å². The molecule has 0 aliphatic heterocycles. The third kappa shape index (κ3) is 6.17. The van der Waals surface area contributed by atoms with Gasteiger partial charge >= 0.3 is 0 Å². The summed E-state index contributed by atoms with van der Waals surface area (Å²) < 4.78 is 38.6. The van der Waals surface area contributed by atoms with Gasteiger partial charge in [-0.1, -0.05) is 5.16 Å². The zero-order chi connectivity index (χ0) is 19.5. The maximum absolute atomic E-state index is 12.7. The van der Waals surface area contributed by atoms with Crippen LogP contribution in [-0.2, 0) is 16.4 Å². The number of nitrogens with one attached hydrogen (secondary N) is 2. The molecule has 0 amide bonds. The maximum atomic E-state index is 12.7. The highest BCUT2D eigenvalue weighted by atomic mass is 35.5. The summed E-state index contributed by atoms with van der Waals surface area (Å²) in [6, 6.07) is 4.94. The number of rotatable bonds is 7. The van der Waals surface area contributed by atoms with Gasteiger partial charge in [0.2, 0.25) is 10.0 Å². The van der Waals surface area contributed by atoms with Crippen molar-refractivity contribution in [2.45, 2.75) is 50.6 Å². The first-order valence-corrected chi connectivity index (χ1v) is 9.76. The lowest BCUT2D eigenvalue weighted by Gasteiger charge is -2.21. The number of nitrogens with zero attached hydrogens (tertiary/aromatic N) is 2. The molecule has 2 aromatic rings. The van der Waals surface area contributed by atoms with Gasteiger partial charge in [-0.15, -0.1) is 12.4 Å². The average molecular weight is 419 g/mol. The van der Waals surface area contributed by atoms with E-state index >= 15 is 0 Å². The number of benzene rings is 1. The van der Waals surface area contributed by atoms with E-state index < -0.39 is 15.6 Å². The zero-order valence-corrected chi connectivity index (χ0v) is 18.0. The Labute approximate surface area is 166 Å². The first-order chi connectivity index (χ1) is 12.1. The molecule has 27 heavy (non-hydrogen) atoms. The fourth-order valence-corrected chi connectivity index (χ4v) is 3.92. The van der Waals surface area contributed by atoms with Gasteiger partial charge in [0.1, 0.15) is 10.6 Å². The molecule has 10 heteroatoms. The van der Waals surface area contributed by atoms with Gasteiger partial charge in [0.05, 0.1) is 7.11 Å². The van der Waals surface area contributed by atoms with Gasteiger partial charge in [-0.25, -0.2) is 13.1 Å². The van der Waals surface area contributed by atoms with Crippen LogP contribution in [0.15, 0.2) is 27.6 Å². The quantitative estimate of drug-likeness (QED) is 0.710. The lowest BCUT2D eigenvalue weighted by Crippen LogP contribution is -2.40. The van der Waals surface area contributed by atoms with Crippen LogP contribution in [0.5, 0.6) is 5.75 Å². The van der Waals surface area contributed by atoms with Gasteiger partial charge in [-0.3, -0.25) is 0 Å². The standard InChI is InChI=1S/C17H26N4O4S.ClH/c1-11(18-5)9-15-19-16(25-20-15)12-7-8-13(24-6)14(10-12)26(22,23)21-17(2,3)4;/h7-8,10-11,18,21H,9H2,1-6H3;1H. The zero-order valence-electron chi connectivity index (χ0n) is 16.4. The van der Waals surface area contributed by atoms with Gasteiger partial charge < -0.3 is 14.6 Å². The molecule has 8 nitrogen and oxygen atoms in total. The molecule has 1 heterocycles. The molecule has 0 fully saturated rings. The van der Waals surface area contributed by atoms with Gasteiger partial charge in [-0.2, -0.15) is 4.98 Å². The van der Waals surface area contributed by atoms with Crippen LogP contribution in [0.25, 0.3) is 11.5 Å². The fourth-order valence-electron chi connectivity index (χ4n) is 2.31. The summed E-state index contributed by atoms with van der Waals surface area (Å²) in [4.78, 5) is 4.37. The number of hydrogen-bond donors (Lipinski definition) is 2. The number of methoxy groups -OCH3 is 1. The van der Waals surface area contributed by atoms with E-state index in [2.05, 4.69) is 20.2 Å². The minimum Gasteiger partial charge on any atom is -0.495 e. The molecule has 0 aliphatic carbocycles. The minimum atomic E-state index is -3.78. The Hall–Kier alpha value is -1.68. The average Bonchev–Trinajstić information content (AvgIpc) is 3.00. The third-order valence-corrected chi connectivity index (χ3v) is 5.37. The van der Waals surface area contributed by atoms with E-state index in [1.807, 2.05) is 14.0 Å². The van der Waals surface area contributed by atoms with E-state index in [1.54, 1.807) is 32.9 Å². The van der Waals surface area contributed by atoms with Crippen LogP contribution in [0.3, 0.4) is 0 Å². The second-order valence-electron chi connectivity index (χ2n) is 7.13. The smallest absolute Gasteiger partial charge is 0.257 e. The van der Waals surface area contributed by atoms with E-state index in [0.29, 0.717) is 17.8 Å². The summed E-state index contributed by atoms with van der Waals surface area (Å²) in [5, 5.41) is 7.05. The third-order valence-electron chi connectivity index (χ3n) is 3.59. The Morgan fingerprint density at radius 1 is 1.30 bits per heavy atom. The maximum Gasteiger partial charge on any atom is 0.257 e. The summed E-state index contributed by atoms with van der Waals surface area (Å²) in [7, 11) is -0.501. The molecule has 0 saturated carbocycles. The molecule has 1 aromatic carbocycles. The molecular formula is C17H27ClN4O4S. The van der Waals surface area contributed by atoms with Crippen LogP contribution in [-0.4, -0.2) is 44.3 Å². The molecule has 0 aliphatic rings. The molecule has 152 valence electrons. The Balaban J connectivity index is 0.00000364. The van der Waals surface area contributed by atoms with Crippen LogP contribution in [0.2, 0.25) is 0 Å². The second-order valence-corrected chi connectivity index (χ2v) is 8.78. The summed E-state index contributed by atoms with van der Waals surface area (Å²) >= 11 is 0. The van der Waals surface area contributed by atoms with E-state index in [4.69, 9.17) is 9.26 Å². The predicted molar refractivity (Wildman–Crippen MR) is 106 cm³/mol. The summed E-state index contributed by atoms with van der Waals surface area (Å²) in [6.45, 7) is 7.32. The van der Waals surface area contributed by atoms with E-state index in [-0.39, 0.29) is 35.0 Å². The highest BCUT2D eigenvalue weighted by molar-refractivity contribution is 7.89. The molecular weight excluding hydrogens is 392 g/mol. The van der Waals surface area contributed by atoms with Crippen molar-refractivity contribution in [1.29, 1.82) is 0 Å². The normalized spacial score (nSPS) is 13.1. The minimum absolute atomic E-state index is 0. The number of aromatic nitrogens is 2. The molecule has 0 spiro atoms. The molecule has 2 rings (SSSR count). The molecule has 1 aromatic heterocycles. The van der Waals surface area contributed by atoms with E-state index in [1.165, 1.54) is 13.2 Å². The monoisotopic (exact) mass is 418 g/mol. The van der Waals surface area contributed by atoms with Gasteiger partial charge in [-0.05, 0) is 52.9 Å². The highest BCUT2D eigenvalue weighted by Gasteiger charge is 2.26. The summed E-state index contributed by atoms with van der Waals surface area (Å²) in [5.41, 5.74) is -0.114. The lowest BCUT2D eigenvalue weighted by molar-refractivity contribution is 0.400. The highest BCUT2D eigenvalue weighted by Crippen LogP contribution is 2.30. The first kappa shape index (κ1) is 23.4. The molecule has 1 unspecified atom stereocenters. The number of halogens is 1. The summed E-state index contributed by atoms with van der Waals surface area (Å²) in [5.74, 6) is 1.06. The van der Waals surface area contributed by atoms with Crippen molar-refractivity contribution >= 4 is 22.4 Å². The Morgan fingerprint density at radius 3 is 2.52 bits per heavy atom. The van der Waals surface area contributed by atoms with Crippen LogP contribution in [0.1, 0.15) is 33.5 Å². The van der Waals surface area contributed by atoms with Crippen molar-refractivity contribution < 1.29 is 17.7 Å². The van der Waals surface area contributed by atoms with Gasteiger partial charge in [0.15, 0.2) is 5.82 Å². The van der Waals surface area contributed by atoms with E-state index in [9.17, 15) is 8.42 Å². The second kappa shape index (κ2) is 9.01. The van der Waals surface area contributed by atoms with Crippen molar-refractivity contribution in [2.24, 2.45) is 0 Å². The van der Waals surface area contributed by atoms with Gasteiger partial charge in [0, 0.05) is 23.6 Å². The number of likely N-dealkylation sites (N-methyl/N-ethyl adjacent to an activating group) is 1. The number of hydrogen-bond acceptors (Lipinski definition) is 7. The topological polar surface area (TPSA) is 106 Å². The summed E-state index contributed by atoms with van der Waals surface area (Å²) in [6.07, 6.45) is 0.604. The molecule has 0 bridgehead atoms. The van der Waals surface area contributed by atoms with Crippen molar-refractivity contribution in [2.75, 3.05) is 14.2 Å². The SMILES string of the molecule is CNC(C)Cc1noc(-c2ccc(OC)c(S(=O)(=O)NC(C)(C)C)c2)n1.Cl. The molecule has 2 N–H and O–H groups in total. The van der Waals surface area contributed by atoms with Crippen LogP contribution < -0.4 is 14.8 Å². The van der Waals surface area contributed by atoms with Crippen LogP contribution in [0, 0.1) is 0 Å². The number of ether oxygens (including phenoxy) is 1. The van der Waals surface area contributed by atoms with Crippen molar-refractivity contribution in [3.63, 3.8) is 0 Å². The first-order valence-electron chi connectivity index (χ1n) is 8.28. The van der Waals surface area contributed by atoms with E-state index in [0.717, 1.165) is 0 Å². The van der Waals surface area contributed by atoms with Crippen molar-refractivity contribution in [1.82, 2.24) is 20.2 Å². The number of sulfonamides is 1.